The molecule has 0 aliphatic rings. The van der Waals surface area contributed by atoms with Crippen molar-refractivity contribution < 1.29 is 9.53 Å². The number of nitrogens with zero attached hydrogens (tertiary/aromatic N) is 1. The molecule has 5 nitrogen and oxygen atoms in total. The van der Waals surface area contributed by atoms with Crippen LogP contribution in [0.1, 0.15) is 32.0 Å². The van der Waals surface area contributed by atoms with E-state index in [1.54, 1.807) is 27.0 Å². The second-order valence-corrected chi connectivity index (χ2v) is 5.05. The Morgan fingerprint density at radius 1 is 1.53 bits per heavy atom. The standard InChI is InChI=1S/C14H19N3O2/c1-10-7-9-16-11(12(10)15)6-5-8-17-13(18)19-14(2,3)4/h7,9H,8,15H2,1-4H3,(H,17,18). The lowest BCUT2D eigenvalue weighted by Gasteiger charge is -2.18. The number of aromatic nitrogens is 1. The maximum Gasteiger partial charge on any atom is 0.408 e. The van der Waals surface area contributed by atoms with Gasteiger partial charge in [0.05, 0.1) is 12.2 Å². The van der Waals surface area contributed by atoms with Crippen molar-refractivity contribution >= 4 is 11.8 Å². The van der Waals surface area contributed by atoms with Crippen LogP contribution in [0.5, 0.6) is 0 Å². The van der Waals surface area contributed by atoms with E-state index in [2.05, 4.69) is 22.1 Å². The lowest BCUT2D eigenvalue weighted by atomic mass is 10.2. The molecule has 1 amide bonds. The minimum Gasteiger partial charge on any atom is -0.444 e. The first-order valence-corrected chi connectivity index (χ1v) is 5.96. The number of anilines is 1. The van der Waals surface area contributed by atoms with Crippen LogP contribution in [0.4, 0.5) is 10.5 Å². The van der Waals surface area contributed by atoms with Crippen molar-refractivity contribution in [1.29, 1.82) is 0 Å². The van der Waals surface area contributed by atoms with Crippen molar-refractivity contribution in [3.8, 4) is 11.8 Å². The number of amides is 1. The number of carbonyl (C=O) groups is 1. The van der Waals surface area contributed by atoms with Crippen LogP contribution in [0.2, 0.25) is 0 Å². The quantitative estimate of drug-likeness (QED) is 0.756. The van der Waals surface area contributed by atoms with Gasteiger partial charge in [0.2, 0.25) is 0 Å². The number of ether oxygens (including phenoxy) is 1. The Bertz CT molecular complexity index is 522. The summed E-state index contributed by atoms with van der Waals surface area (Å²) < 4.78 is 5.07. The molecule has 0 spiro atoms. The number of pyridine rings is 1. The van der Waals surface area contributed by atoms with Crippen molar-refractivity contribution in [2.45, 2.75) is 33.3 Å². The van der Waals surface area contributed by atoms with Crippen molar-refractivity contribution in [2.75, 3.05) is 12.3 Å². The minimum absolute atomic E-state index is 0.184. The Labute approximate surface area is 113 Å². The molecule has 0 saturated heterocycles. The first kappa shape index (κ1) is 14.8. The van der Waals surface area contributed by atoms with Gasteiger partial charge in [-0.05, 0) is 45.2 Å². The average molecular weight is 261 g/mol. The molecule has 0 radical (unpaired) electrons. The lowest BCUT2D eigenvalue weighted by Crippen LogP contribution is -2.32. The first-order chi connectivity index (χ1) is 8.79. The van der Waals surface area contributed by atoms with Crippen molar-refractivity contribution in [3.63, 3.8) is 0 Å². The van der Waals surface area contributed by atoms with Gasteiger partial charge in [0.1, 0.15) is 11.3 Å². The summed E-state index contributed by atoms with van der Waals surface area (Å²) in [5.74, 6) is 5.60. The topological polar surface area (TPSA) is 77.2 Å². The normalized spacial score (nSPS) is 10.3. The number of nitrogens with one attached hydrogen (secondary N) is 1. The fourth-order valence-electron chi connectivity index (χ4n) is 1.23. The molecular weight excluding hydrogens is 242 g/mol. The lowest BCUT2D eigenvalue weighted by molar-refractivity contribution is 0.0535. The highest BCUT2D eigenvalue weighted by Gasteiger charge is 2.14. The zero-order valence-corrected chi connectivity index (χ0v) is 11.7. The Kier molecular flexibility index (Phi) is 4.76. The van der Waals surface area contributed by atoms with Crippen molar-refractivity contribution in [3.05, 3.63) is 23.5 Å². The molecule has 3 N–H and O–H groups in total. The highest BCUT2D eigenvalue weighted by Crippen LogP contribution is 2.11. The van der Waals surface area contributed by atoms with Crippen LogP contribution in [0.15, 0.2) is 12.3 Å². The Morgan fingerprint density at radius 3 is 2.84 bits per heavy atom. The molecule has 0 aliphatic heterocycles. The molecule has 0 aromatic carbocycles. The van der Waals surface area contributed by atoms with Crippen molar-refractivity contribution in [1.82, 2.24) is 10.3 Å². The third-order valence-electron chi connectivity index (χ3n) is 2.13. The summed E-state index contributed by atoms with van der Waals surface area (Å²) >= 11 is 0. The van der Waals surface area contributed by atoms with E-state index in [9.17, 15) is 4.79 Å². The predicted molar refractivity (Wildman–Crippen MR) is 74.5 cm³/mol. The highest BCUT2D eigenvalue weighted by atomic mass is 16.6. The molecule has 0 fully saturated rings. The number of alkyl carbamates (subject to hydrolysis) is 1. The van der Waals surface area contributed by atoms with E-state index in [-0.39, 0.29) is 6.54 Å². The molecule has 1 rings (SSSR count). The van der Waals surface area contributed by atoms with Crippen LogP contribution in [-0.4, -0.2) is 23.2 Å². The van der Waals surface area contributed by atoms with Gasteiger partial charge in [-0.2, -0.15) is 0 Å². The van der Waals surface area contributed by atoms with Gasteiger partial charge in [-0.25, -0.2) is 9.78 Å². The SMILES string of the molecule is Cc1ccnc(C#CCNC(=O)OC(C)(C)C)c1N. The van der Waals surface area contributed by atoms with Crippen LogP contribution in [0.3, 0.4) is 0 Å². The smallest absolute Gasteiger partial charge is 0.408 e. The number of hydrogen-bond acceptors (Lipinski definition) is 4. The van der Waals surface area contributed by atoms with Gasteiger partial charge in [-0.15, -0.1) is 0 Å². The van der Waals surface area contributed by atoms with Crippen LogP contribution in [0, 0.1) is 18.8 Å². The highest BCUT2D eigenvalue weighted by molar-refractivity contribution is 5.68. The monoisotopic (exact) mass is 261 g/mol. The van der Waals surface area contributed by atoms with E-state index >= 15 is 0 Å². The third-order valence-corrected chi connectivity index (χ3v) is 2.13. The van der Waals surface area contributed by atoms with Crippen LogP contribution >= 0.6 is 0 Å². The summed E-state index contributed by atoms with van der Waals surface area (Å²) in [5.41, 5.74) is 7.33. The fourth-order valence-corrected chi connectivity index (χ4v) is 1.23. The number of aryl methyl sites for hydroxylation is 1. The van der Waals surface area contributed by atoms with Gasteiger partial charge in [-0.3, -0.25) is 0 Å². The van der Waals surface area contributed by atoms with Gasteiger partial charge >= 0.3 is 6.09 Å². The van der Waals surface area contributed by atoms with Crippen LogP contribution in [0.25, 0.3) is 0 Å². The summed E-state index contributed by atoms with van der Waals surface area (Å²) in [6.45, 7) is 7.48. The summed E-state index contributed by atoms with van der Waals surface area (Å²) in [6.07, 6.45) is 1.16. The molecule has 5 heteroatoms. The van der Waals surface area contributed by atoms with Crippen LogP contribution in [-0.2, 0) is 4.74 Å². The maximum atomic E-state index is 11.3. The zero-order chi connectivity index (χ0) is 14.5. The third kappa shape index (κ3) is 5.30. The first-order valence-electron chi connectivity index (χ1n) is 5.96. The minimum atomic E-state index is -0.514. The second kappa shape index (κ2) is 6.10. The van der Waals surface area contributed by atoms with Gasteiger partial charge in [0.25, 0.3) is 0 Å². The molecule has 19 heavy (non-hydrogen) atoms. The zero-order valence-electron chi connectivity index (χ0n) is 11.7. The van der Waals surface area contributed by atoms with Gasteiger partial charge < -0.3 is 15.8 Å². The van der Waals surface area contributed by atoms with E-state index in [0.717, 1.165) is 5.56 Å². The molecule has 0 aliphatic carbocycles. The summed E-state index contributed by atoms with van der Waals surface area (Å²) in [5, 5.41) is 2.54. The number of rotatable bonds is 1. The summed E-state index contributed by atoms with van der Waals surface area (Å²) in [7, 11) is 0. The molecule has 0 saturated carbocycles. The molecule has 1 aromatic rings. The maximum absolute atomic E-state index is 11.3. The summed E-state index contributed by atoms with van der Waals surface area (Å²) in [4.78, 5) is 15.4. The molecule has 0 bridgehead atoms. The summed E-state index contributed by atoms with van der Waals surface area (Å²) in [6, 6.07) is 1.82. The van der Waals surface area contributed by atoms with E-state index in [1.807, 2.05) is 13.0 Å². The molecular formula is C14H19N3O2. The fraction of sp³-hybridized carbons (Fsp3) is 0.429. The number of carbonyl (C=O) groups excluding carboxylic acids is 1. The van der Waals surface area contributed by atoms with E-state index in [0.29, 0.717) is 11.4 Å². The van der Waals surface area contributed by atoms with Crippen molar-refractivity contribution in [2.24, 2.45) is 0 Å². The molecule has 1 aromatic heterocycles. The number of nitrogens with two attached hydrogens (primary N) is 1. The Balaban J connectivity index is 2.53. The van der Waals surface area contributed by atoms with E-state index in [1.165, 1.54) is 0 Å². The van der Waals surface area contributed by atoms with E-state index < -0.39 is 11.7 Å². The van der Waals surface area contributed by atoms with Gasteiger partial charge in [-0.1, -0.05) is 5.92 Å². The largest absolute Gasteiger partial charge is 0.444 e. The van der Waals surface area contributed by atoms with E-state index in [4.69, 9.17) is 10.5 Å². The number of nitrogen functional groups attached to an aromatic ring is 1. The van der Waals surface area contributed by atoms with Crippen LogP contribution < -0.4 is 11.1 Å². The Hall–Kier alpha value is -2.22. The van der Waals surface area contributed by atoms with Gasteiger partial charge in [0.15, 0.2) is 0 Å². The molecule has 1 heterocycles. The number of hydrogen-bond donors (Lipinski definition) is 2. The second-order valence-electron chi connectivity index (χ2n) is 5.05. The van der Waals surface area contributed by atoms with Gasteiger partial charge in [0, 0.05) is 6.20 Å². The average Bonchev–Trinajstić information content (AvgIpc) is 2.27. The Morgan fingerprint density at radius 2 is 2.21 bits per heavy atom. The predicted octanol–water partition coefficient (Wildman–Crippen LogP) is 1.85. The molecule has 0 atom stereocenters. The molecule has 0 unspecified atom stereocenters. The molecule has 102 valence electrons.